The Morgan fingerprint density at radius 3 is 2.53 bits per heavy atom. The average molecular weight is 247 g/mol. The van der Waals surface area contributed by atoms with Gasteiger partial charge < -0.3 is 0 Å². The van der Waals surface area contributed by atoms with E-state index in [0.29, 0.717) is 0 Å². The first-order valence-electron chi connectivity index (χ1n) is 5.57. The summed E-state index contributed by atoms with van der Waals surface area (Å²) >= 11 is 1.67. The molecule has 2 aromatic rings. The predicted molar refractivity (Wildman–Crippen MR) is 71.9 cm³/mol. The molecule has 3 nitrogen and oxygen atoms in total. The van der Waals surface area contributed by atoms with Crippen LogP contribution in [0.5, 0.6) is 0 Å². The molecule has 17 heavy (non-hydrogen) atoms. The Kier molecular flexibility index (Phi) is 3.57. The number of thiazole rings is 1. The van der Waals surface area contributed by atoms with Gasteiger partial charge in [-0.2, -0.15) is 0 Å². The SMILES string of the molecule is Cc1ncc(C(NN)c2ccc(C)c(C)c2)s1. The van der Waals surface area contributed by atoms with Crippen LogP contribution in [-0.2, 0) is 0 Å². The van der Waals surface area contributed by atoms with Crippen LogP contribution in [0.2, 0.25) is 0 Å². The fraction of sp³-hybridized carbons (Fsp3) is 0.308. The molecule has 0 fully saturated rings. The van der Waals surface area contributed by atoms with Gasteiger partial charge in [0.15, 0.2) is 0 Å². The zero-order chi connectivity index (χ0) is 12.4. The maximum Gasteiger partial charge on any atom is 0.0897 e. The minimum absolute atomic E-state index is 0.0282. The van der Waals surface area contributed by atoms with Crippen molar-refractivity contribution in [1.29, 1.82) is 0 Å². The second-order valence-corrected chi connectivity index (χ2v) is 5.49. The van der Waals surface area contributed by atoms with E-state index in [4.69, 9.17) is 5.84 Å². The van der Waals surface area contributed by atoms with E-state index in [0.717, 1.165) is 9.88 Å². The third-order valence-corrected chi connectivity index (χ3v) is 3.93. The summed E-state index contributed by atoms with van der Waals surface area (Å²) in [7, 11) is 0. The van der Waals surface area contributed by atoms with Gasteiger partial charge in [0.05, 0.1) is 11.0 Å². The van der Waals surface area contributed by atoms with Gasteiger partial charge in [0.1, 0.15) is 0 Å². The molecule has 2 rings (SSSR count). The van der Waals surface area contributed by atoms with E-state index in [1.54, 1.807) is 11.3 Å². The normalized spacial score (nSPS) is 12.7. The molecule has 0 aliphatic carbocycles. The number of nitrogens with zero attached hydrogens (tertiary/aromatic N) is 1. The van der Waals surface area contributed by atoms with E-state index >= 15 is 0 Å². The van der Waals surface area contributed by atoms with Crippen molar-refractivity contribution in [3.63, 3.8) is 0 Å². The van der Waals surface area contributed by atoms with Gasteiger partial charge in [-0.1, -0.05) is 18.2 Å². The van der Waals surface area contributed by atoms with E-state index in [-0.39, 0.29) is 6.04 Å². The molecule has 0 radical (unpaired) electrons. The van der Waals surface area contributed by atoms with Crippen molar-refractivity contribution in [3.05, 3.63) is 51.0 Å². The highest BCUT2D eigenvalue weighted by Gasteiger charge is 2.15. The molecule has 0 aliphatic heterocycles. The van der Waals surface area contributed by atoms with Crippen molar-refractivity contribution in [2.24, 2.45) is 5.84 Å². The largest absolute Gasteiger partial charge is 0.271 e. The van der Waals surface area contributed by atoms with Crippen LogP contribution in [0.1, 0.15) is 32.6 Å². The molecular weight excluding hydrogens is 230 g/mol. The van der Waals surface area contributed by atoms with Crippen molar-refractivity contribution in [3.8, 4) is 0 Å². The third kappa shape index (κ3) is 2.54. The van der Waals surface area contributed by atoms with E-state index in [1.807, 2.05) is 13.1 Å². The first kappa shape index (κ1) is 12.2. The van der Waals surface area contributed by atoms with Crippen LogP contribution in [0.15, 0.2) is 24.4 Å². The first-order valence-corrected chi connectivity index (χ1v) is 6.39. The Morgan fingerprint density at radius 1 is 1.24 bits per heavy atom. The highest BCUT2D eigenvalue weighted by Crippen LogP contribution is 2.27. The summed E-state index contributed by atoms with van der Waals surface area (Å²) in [6.07, 6.45) is 1.89. The van der Waals surface area contributed by atoms with E-state index in [2.05, 4.69) is 42.5 Å². The summed E-state index contributed by atoms with van der Waals surface area (Å²) in [6.45, 7) is 6.23. The molecule has 1 aromatic carbocycles. The lowest BCUT2D eigenvalue weighted by atomic mass is 10.0. The highest BCUT2D eigenvalue weighted by molar-refractivity contribution is 7.11. The minimum atomic E-state index is 0.0282. The Balaban J connectivity index is 2.38. The molecule has 0 aliphatic rings. The number of hydrazine groups is 1. The lowest BCUT2D eigenvalue weighted by Crippen LogP contribution is -2.28. The van der Waals surface area contributed by atoms with Gasteiger partial charge in [-0.15, -0.1) is 11.3 Å². The number of hydrogen-bond acceptors (Lipinski definition) is 4. The zero-order valence-electron chi connectivity index (χ0n) is 10.3. The Bertz CT molecular complexity index is 519. The van der Waals surface area contributed by atoms with Gasteiger partial charge >= 0.3 is 0 Å². The molecule has 0 spiro atoms. The monoisotopic (exact) mass is 247 g/mol. The summed E-state index contributed by atoms with van der Waals surface area (Å²) in [4.78, 5) is 5.42. The van der Waals surface area contributed by atoms with Gasteiger partial charge in [-0.3, -0.25) is 5.84 Å². The summed E-state index contributed by atoms with van der Waals surface area (Å²) < 4.78 is 0. The number of nitrogens with one attached hydrogen (secondary N) is 1. The van der Waals surface area contributed by atoms with E-state index in [1.165, 1.54) is 16.7 Å². The number of benzene rings is 1. The molecule has 0 saturated carbocycles. The summed E-state index contributed by atoms with van der Waals surface area (Å²) in [5.41, 5.74) is 6.62. The standard InChI is InChI=1S/C13H17N3S/c1-8-4-5-11(6-9(8)2)13(16-14)12-7-15-10(3)17-12/h4-7,13,16H,14H2,1-3H3. The molecule has 1 aromatic heterocycles. The summed E-state index contributed by atoms with van der Waals surface area (Å²) in [5, 5.41) is 1.06. The minimum Gasteiger partial charge on any atom is -0.271 e. The van der Waals surface area contributed by atoms with E-state index < -0.39 is 0 Å². The van der Waals surface area contributed by atoms with Gasteiger partial charge in [0, 0.05) is 11.1 Å². The highest BCUT2D eigenvalue weighted by atomic mass is 32.1. The molecule has 1 atom stereocenters. The zero-order valence-corrected chi connectivity index (χ0v) is 11.1. The molecular formula is C13H17N3S. The van der Waals surface area contributed by atoms with Gasteiger partial charge in [0.2, 0.25) is 0 Å². The lowest BCUT2D eigenvalue weighted by Gasteiger charge is -2.15. The molecule has 4 heteroatoms. The number of nitrogens with two attached hydrogens (primary N) is 1. The molecule has 0 bridgehead atoms. The number of aryl methyl sites for hydroxylation is 3. The van der Waals surface area contributed by atoms with Crippen molar-refractivity contribution >= 4 is 11.3 Å². The van der Waals surface area contributed by atoms with Crippen LogP contribution >= 0.6 is 11.3 Å². The molecule has 90 valence electrons. The molecule has 3 N–H and O–H groups in total. The summed E-state index contributed by atoms with van der Waals surface area (Å²) in [5.74, 6) is 5.66. The maximum atomic E-state index is 5.66. The van der Waals surface area contributed by atoms with Crippen LogP contribution in [-0.4, -0.2) is 4.98 Å². The molecule has 1 heterocycles. The molecule has 1 unspecified atom stereocenters. The van der Waals surface area contributed by atoms with Crippen molar-refractivity contribution in [1.82, 2.24) is 10.4 Å². The fourth-order valence-electron chi connectivity index (χ4n) is 1.80. The van der Waals surface area contributed by atoms with Crippen molar-refractivity contribution in [2.75, 3.05) is 0 Å². The number of hydrogen-bond donors (Lipinski definition) is 2. The van der Waals surface area contributed by atoms with Crippen LogP contribution in [0.3, 0.4) is 0 Å². The van der Waals surface area contributed by atoms with Gasteiger partial charge in [0.25, 0.3) is 0 Å². The molecule has 0 saturated heterocycles. The quantitative estimate of drug-likeness (QED) is 0.647. The number of rotatable bonds is 3. The van der Waals surface area contributed by atoms with Crippen molar-refractivity contribution in [2.45, 2.75) is 26.8 Å². The number of aromatic nitrogens is 1. The molecule has 0 amide bonds. The second kappa shape index (κ2) is 4.96. The Hall–Kier alpha value is -1.23. The lowest BCUT2D eigenvalue weighted by molar-refractivity contribution is 0.645. The second-order valence-electron chi connectivity index (χ2n) is 4.23. The van der Waals surface area contributed by atoms with Crippen LogP contribution in [0.4, 0.5) is 0 Å². The van der Waals surface area contributed by atoms with Gasteiger partial charge in [-0.25, -0.2) is 10.4 Å². The smallest absolute Gasteiger partial charge is 0.0897 e. The maximum absolute atomic E-state index is 5.66. The average Bonchev–Trinajstić information content (AvgIpc) is 2.71. The predicted octanol–water partition coefficient (Wildman–Crippen LogP) is 2.62. The third-order valence-electron chi connectivity index (χ3n) is 2.95. The van der Waals surface area contributed by atoms with Crippen LogP contribution in [0, 0.1) is 20.8 Å². The fourth-order valence-corrected chi connectivity index (χ4v) is 2.67. The van der Waals surface area contributed by atoms with Crippen LogP contribution < -0.4 is 11.3 Å². The summed E-state index contributed by atoms with van der Waals surface area (Å²) in [6, 6.07) is 6.44. The first-order chi connectivity index (χ1) is 8.11. The Labute approximate surface area is 106 Å². The van der Waals surface area contributed by atoms with Gasteiger partial charge in [-0.05, 0) is 37.5 Å². The topological polar surface area (TPSA) is 50.9 Å². The Morgan fingerprint density at radius 2 is 2.00 bits per heavy atom. The van der Waals surface area contributed by atoms with Crippen LogP contribution in [0.25, 0.3) is 0 Å². The van der Waals surface area contributed by atoms with Crippen molar-refractivity contribution < 1.29 is 0 Å². The van der Waals surface area contributed by atoms with E-state index in [9.17, 15) is 0 Å².